The van der Waals surface area contributed by atoms with Crippen LogP contribution >= 0.6 is 23.2 Å². The highest BCUT2D eigenvalue weighted by Gasteiger charge is 2.29. The number of hydrogen-bond acceptors (Lipinski definition) is 7. The molecule has 186 valence electrons. The standard InChI is InChI=1S/C23H18Cl2F2N6O3/c24-15-7-11(12-2-4-17(34)33(9-12)23(26)27)1-3-14(15)22(35)30-13-5-6-32(10-13)21-19-18(16(25)8-29-21)20(28)31-36-19/h1-4,7-9,13,23H,5-6,10H2,(H2,28,31)(H,30,35). The number of nitrogens with one attached hydrogen (secondary N) is 1. The van der Waals surface area contributed by atoms with Gasteiger partial charge in [0.1, 0.15) is 0 Å². The number of nitrogen functional groups attached to an aromatic ring is 1. The summed E-state index contributed by atoms with van der Waals surface area (Å²) in [5.41, 5.74) is 6.49. The van der Waals surface area contributed by atoms with Crippen LogP contribution in [0.25, 0.3) is 22.1 Å². The molecule has 4 heterocycles. The van der Waals surface area contributed by atoms with E-state index < -0.39 is 12.1 Å². The molecule has 1 saturated heterocycles. The normalized spacial score (nSPS) is 15.7. The van der Waals surface area contributed by atoms with E-state index in [4.69, 9.17) is 33.5 Å². The SMILES string of the molecule is Nc1noc2c(N3CCC(NC(=O)c4ccc(-c5ccc(=O)n(C(F)F)c5)cc4Cl)C3)ncc(Cl)c12. The van der Waals surface area contributed by atoms with E-state index in [0.29, 0.717) is 57.0 Å². The Hall–Kier alpha value is -3.70. The zero-order valence-corrected chi connectivity index (χ0v) is 19.9. The lowest BCUT2D eigenvalue weighted by Gasteiger charge is -2.18. The number of anilines is 2. The van der Waals surface area contributed by atoms with E-state index in [9.17, 15) is 18.4 Å². The number of carbonyl (C=O) groups excluding carboxylic acids is 1. The minimum Gasteiger partial charge on any atom is -0.380 e. The van der Waals surface area contributed by atoms with E-state index in [-0.39, 0.29) is 28.4 Å². The Bertz CT molecular complexity index is 1540. The predicted octanol–water partition coefficient (Wildman–Crippen LogP) is 4.34. The molecule has 1 aromatic carbocycles. The molecule has 1 atom stereocenters. The Balaban J connectivity index is 1.30. The van der Waals surface area contributed by atoms with Crippen LogP contribution in [0.4, 0.5) is 20.4 Å². The van der Waals surface area contributed by atoms with Crippen LogP contribution in [0.1, 0.15) is 23.3 Å². The molecule has 3 aromatic heterocycles. The fraction of sp³-hybridized carbons (Fsp3) is 0.217. The molecule has 3 N–H and O–H groups in total. The molecule has 1 aliphatic rings. The van der Waals surface area contributed by atoms with E-state index >= 15 is 0 Å². The lowest BCUT2D eigenvalue weighted by molar-refractivity contribution is 0.0665. The third-order valence-electron chi connectivity index (χ3n) is 5.98. The van der Waals surface area contributed by atoms with Gasteiger partial charge in [-0.05, 0) is 35.7 Å². The van der Waals surface area contributed by atoms with Crippen LogP contribution < -0.4 is 21.5 Å². The maximum Gasteiger partial charge on any atom is 0.321 e. The van der Waals surface area contributed by atoms with Gasteiger partial charge in [-0.15, -0.1) is 0 Å². The first-order valence-electron chi connectivity index (χ1n) is 10.8. The molecule has 0 bridgehead atoms. The van der Waals surface area contributed by atoms with Gasteiger partial charge in [0.25, 0.3) is 11.5 Å². The molecule has 0 saturated carbocycles. The highest BCUT2D eigenvalue weighted by Crippen LogP contribution is 2.35. The van der Waals surface area contributed by atoms with Crippen LogP contribution in [0.2, 0.25) is 10.0 Å². The number of fused-ring (bicyclic) bond motifs is 1. The number of benzene rings is 1. The lowest BCUT2D eigenvalue weighted by Crippen LogP contribution is -2.37. The molecule has 0 radical (unpaired) electrons. The number of carbonyl (C=O) groups is 1. The van der Waals surface area contributed by atoms with Gasteiger partial charge < -0.3 is 20.5 Å². The van der Waals surface area contributed by atoms with Crippen molar-refractivity contribution >= 4 is 51.7 Å². The Morgan fingerprint density at radius 1 is 1.19 bits per heavy atom. The molecule has 0 spiro atoms. The van der Waals surface area contributed by atoms with E-state index in [0.717, 1.165) is 12.3 Å². The minimum absolute atomic E-state index is 0.146. The molecule has 1 fully saturated rings. The molecule has 13 heteroatoms. The van der Waals surface area contributed by atoms with E-state index in [1.54, 1.807) is 6.07 Å². The van der Waals surface area contributed by atoms with Crippen molar-refractivity contribution in [1.29, 1.82) is 0 Å². The summed E-state index contributed by atoms with van der Waals surface area (Å²) in [5.74, 6) is 0.325. The summed E-state index contributed by atoms with van der Waals surface area (Å²) < 4.78 is 31.8. The van der Waals surface area contributed by atoms with E-state index in [2.05, 4.69) is 15.5 Å². The number of nitrogens with two attached hydrogens (primary N) is 1. The monoisotopic (exact) mass is 534 g/mol. The highest BCUT2D eigenvalue weighted by molar-refractivity contribution is 6.36. The van der Waals surface area contributed by atoms with Crippen LogP contribution in [0.15, 0.2) is 52.0 Å². The average molecular weight is 535 g/mol. The Morgan fingerprint density at radius 2 is 1.97 bits per heavy atom. The van der Waals surface area contributed by atoms with Gasteiger partial charge in [-0.2, -0.15) is 8.78 Å². The number of pyridine rings is 2. The summed E-state index contributed by atoms with van der Waals surface area (Å²) in [6.45, 7) is -1.91. The zero-order valence-electron chi connectivity index (χ0n) is 18.4. The van der Waals surface area contributed by atoms with Gasteiger partial charge in [0.15, 0.2) is 11.6 Å². The summed E-state index contributed by atoms with van der Waals surface area (Å²) in [5, 5.41) is 7.69. The maximum atomic E-state index is 13.1. The van der Waals surface area contributed by atoms with Gasteiger partial charge in [-0.25, -0.2) is 4.98 Å². The van der Waals surface area contributed by atoms with Crippen molar-refractivity contribution in [2.75, 3.05) is 23.7 Å². The van der Waals surface area contributed by atoms with E-state index in [1.807, 2.05) is 4.90 Å². The number of rotatable bonds is 5. The van der Waals surface area contributed by atoms with Crippen LogP contribution in [-0.4, -0.2) is 39.7 Å². The molecule has 5 rings (SSSR count). The van der Waals surface area contributed by atoms with Crippen molar-refractivity contribution in [3.63, 3.8) is 0 Å². The van der Waals surface area contributed by atoms with Gasteiger partial charge in [-0.1, -0.05) is 34.4 Å². The Kier molecular flexibility index (Phi) is 6.27. The first kappa shape index (κ1) is 24.0. The molecule has 1 aliphatic heterocycles. The van der Waals surface area contributed by atoms with Gasteiger partial charge in [0, 0.05) is 37.6 Å². The Morgan fingerprint density at radius 3 is 2.72 bits per heavy atom. The van der Waals surface area contributed by atoms with Crippen molar-refractivity contribution in [3.05, 3.63) is 68.7 Å². The number of alkyl halides is 2. The largest absolute Gasteiger partial charge is 0.380 e. The third-order valence-corrected chi connectivity index (χ3v) is 6.58. The quantitative estimate of drug-likeness (QED) is 0.390. The summed E-state index contributed by atoms with van der Waals surface area (Å²) in [6, 6.07) is 6.87. The van der Waals surface area contributed by atoms with Gasteiger partial charge >= 0.3 is 6.55 Å². The van der Waals surface area contributed by atoms with Crippen molar-refractivity contribution in [1.82, 2.24) is 20.0 Å². The molecular formula is C23H18Cl2F2N6O3. The van der Waals surface area contributed by atoms with Crippen molar-refractivity contribution in [3.8, 4) is 11.1 Å². The second kappa shape index (κ2) is 9.40. The molecule has 1 unspecified atom stereocenters. The fourth-order valence-corrected chi connectivity index (χ4v) is 4.69. The highest BCUT2D eigenvalue weighted by atomic mass is 35.5. The summed E-state index contributed by atoms with van der Waals surface area (Å²) in [4.78, 5) is 30.8. The second-order valence-electron chi connectivity index (χ2n) is 8.24. The van der Waals surface area contributed by atoms with Crippen molar-refractivity contribution in [2.24, 2.45) is 0 Å². The third kappa shape index (κ3) is 4.35. The first-order chi connectivity index (χ1) is 17.2. The van der Waals surface area contributed by atoms with Crippen LogP contribution in [-0.2, 0) is 0 Å². The number of halogens is 4. The van der Waals surface area contributed by atoms with Crippen LogP contribution in [0.5, 0.6) is 0 Å². The molecule has 4 aromatic rings. The van der Waals surface area contributed by atoms with Gasteiger partial charge in [0.05, 0.1) is 21.0 Å². The van der Waals surface area contributed by atoms with Gasteiger partial charge in [0.2, 0.25) is 5.58 Å². The van der Waals surface area contributed by atoms with Crippen molar-refractivity contribution < 1.29 is 18.1 Å². The number of amides is 1. The second-order valence-corrected chi connectivity index (χ2v) is 9.06. The van der Waals surface area contributed by atoms with E-state index in [1.165, 1.54) is 24.4 Å². The number of hydrogen-bond donors (Lipinski definition) is 2. The fourth-order valence-electron chi connectivity index (χ4n) is 4.19. The van der Waals surface area contributed by atoms with Crippen LogP contribution in [0.3, 0.4) is 0 Å². The van der Waals surface area contributed by atoms with Crippen molar-refractivity contribution in [2.45, 2.75) is 19.0 Å². The first-order valence-corrected chi connectivity index (χ1v) is 11.5. The summed E-state index contributed by atoms with van der Waals surface area (Å²) in [6.07, 6.45) is 3.18. The summed E-state index contributed by atoms with van der Waals surface area (Å²) in [7, 11) is 0. The molecule has 9 nitrogen and oxygen atoms in total. The minimum atomic E-state index is -2.97. The lowest BCUT2D eigenvalue weighted by atomic mass is 10.0. The number of nitrogens with zero attached hydrogens (tertiary/aromatic N) is 4. The zero-order chi connectivity index (χ0) is 25.6. The molecular weight excluding hydrogens is 517 g/mol. The van der Waals surface area contributed by atoms with Crippen LogP contribution in [0, 0.1) is 0 Å². The maximum absolute atomic E-state index is 13.1. The molecule has 1 amide bonds. The predicted molar refractivity (Wildman–Crippen MR) is 132 cm³/mol. The molecule has 36 heavy (non-hydrogen) atoms. The topological polar surface area (TPSA) is 119 Å². The Labute approximate surface area is 212 Å². The summed E-state index contributed by atoms with van der Waals surface area (Å²) >= 11 is 12.5. The average Bonchev–Trinajstić information content (AvgIpc) is 3.46. The molecule has 0 aliphatic carbocycles. The smallest absolute Gasteiger partial charge is 0.321 e. The van der Waals surface area contributed by atoms with Gasteiger partial charge in [-0.3, -0.25) is 14.2 Å². The number of aromatic nitrogens is 3.